The van der Waals surface area contributed by atoms with Crippen LogP contribution in [0.25, 0.3) is 5.76 Å². The van der Waals surface area contributed by atoms with E-state index in [2.05, 4.69) is 0 Å². The van der Waals surface area contributed by atoms with E-state index in [4.69, 9.17) is 9.47 Å². The maximum absolute atomic E-state index is 13.2. The number of carbonyl (C=O) groups is 2. The summed E-state index contributed by atoms with van der Waals surface area (Å²) in [6.07, 6.45) is 0. The number of rotatable bonds is 9. The molecule has 0 spiro atoms. The number of likely N-dealkylation sites (N-methyl/N-ethyl adjacent to an activating group) is 1. The third-order valence-electron chi connectivity index (χ3n) is 5.96. The van der Waals surface area contributed by atoms with E-state index >= 15 is 0 Å². The number of sulfonamides is 1. The molecule has 0 radical (unpaired) electrons. The molecule has 1 fully saturated rings. The topological polar surface area (TPSA) is 117 Å². The average molecular weight is 518 g/mol. The number of ketones is 1. The van der Waals surface area contributed by atoms with Gasteiger partial charge in [0.25, 0.3) is 11.7 Å². The Morgan fingerprint density at radius 2 is 1.58 bits per heavy atom. The molecular formula is C25H31N3O7S. The third-order valence-corrected chi connectivity index (χ3v) is 7.79. The van der Waals surface area contributed by atoms with E-state index in [1.165, 1.54) is 57.5 Å². The second-order valence-corrected chi connectivity index (χ2v) is 10.9. The number of nitrogens with zero attached hydrogens (tertiary/aromatic N) is 3. The van der Waals surface area contributed by atoms with Gasteiger partial charge in [-0.05, 0) is 56.1 Å². The first-order valence-electron chi connectivity index (χ1n) is 11.1. The van der Waals surface area contributed by atoms with Crippen molar-refractivity contribution in [3.8, 4) is 11.5 Å². The van der Waals surface area contributed by atoms with E-state index < -0.39 is 33.5 Å². The highest BCUT2D eigenvalue weighted by Crippen LogP contribution is 2.41. The average Bonchev–Trinajstić information content (AvgIpc) is 3.11. The van der Waals surface area contributed by atoms with Crippen LogP contribution in [0.3, 0.4) is 0 Å². The number of carbonyl (C=O) groups excluding carboxylic acids is 2. The zero-order chi connectivity index (χ0) is 26.8. The van der Waals surface area contributed by atoms with Crippen molar-refractivity contribution in [2.24, 2.45) is 0 Å². The summed E-state index contributed by atoms with van der Waals surface area (Å²) >= 11 is 0. The summed E-state index contributed by atoms with van der Waals surface area (Å²) in [5, 5.41) is 11.2. The summed E-state index contributed by atoms with van der Waals surface area (Å²) in [5.74, 6) is -1.06. The lowest BCUT2D eigenvalue weighted by Gasteiger charge is -2.27. The van der Waals surface area contributed by atoms with E-state index in [1.807, 2.05) is 19.0 Å². The third kappa shape index (κ3) is 5.08. The molecule has 0 bridgehead atoms. The molecule has 1 saturated heterocycles. The van der Waals surface area contributed by atoms with E-state index in [0.29, 0.717) is 23.6 Å². The van der Waals surface area contributed by atoms with Crippen molar-refractivity contribution in [1.29, 1.82) is 0 Å². The summed E-state index contributed by atoms with van der Waals surface area (Å²) in [4.78, 5) is 29.6. The fraction of sp³-hybridized carbons (Fsp3) is 0.360. The van der Waals surface area contributed by atoms with Gasteiger partial charge in [0, 0.05) is 32.7 Å². The minimum Gasteiger partial charge on any atom is -0.507 e. The number of hydrogen-bond donors (Lipinski definition) is 1. The minimum absolute atomic E-state index is 0.0342. The summed E-state index contributed by atoms with van der Waals surface area (Å²) in [7, 11) is 5.85. The van der Waals surface area contributed by atoms with Crippen molar-refractivity contribution in [2.75, 3.05) is 55.5 Å². The Balaban J connectivity index is 2.17. The maximum atomic E-state index is 13.2. The standard InChI is InChI=1S/C25H31N3O7S/c1-26(2)13-14-28-22(17-9-12-19(34-5)20(15-17)35-6)21(24(30)25(28)31)23(29)16-7-10-18(11-8-16)36(32,33)27(3)4/h7-12,15,22,29H,13-14H2,1-6H3/t22-/m1/s1. The SMILES string of the molecule is COc1ccc([C@@H]2C(=C(O)c3ccc(S(=O)(=O)N(C)C)cc3)C(=O)C(=O)N2CCN(C)C)cc1OC. The molecule has 36 heavy (non-hydrogen) atoms. The molecule has 1 amide bonds. The lowest BCUT2D eigenvalue weighted by atomic mass is 9.95. The van der Waals surface area contributed by atoms with E-state index in [1.54, 1.807) is 18.2 Å². The first-order chi connectivity index (χ1) is 16.9. The molecule has 2 aromatic rings. The Kier molecular flexibility index (Phi) is 8.07. The van der Waals surface area contributed by atoms with Crippen molar-refractivity contribution >= 4 is 27.5 Å². The summed E-state index contributed by atoms with van der Waals surface area (Å²) in [5.41, 5.74) is 0.678. The Labute approximate surface area is 211 Å². The Hall–Kier alpha value is -3.41. The molecular weight excluding hydrogens is 486 g/mol. The van der Waals surface area contributed by atoms with Gasteiger partial charge in [0.1, 0.15) is 5.76 Å². The van der Waals surface area contributed by atoms with Gasteiger partial charge in [0.05, 0.1) is 30.7 Å². The molecule has 0 aromatic heterocycles. The molecule has 10 nitrogen and oxygen atoms in total. The fourth-order valence-corrected chi connectivity index (χ4v) is 4.84. The minimum atomic E-state index is -3.67. The summed E-state index contributed by atoms with van der Waals surface area (Å²) in [6, 6.07) is 9.67. The van der Waals surface area contributed by atoms with Crippen molar-refractivity contribution in [3.05, 3.63) is 59.2 Å². The van der Waals surface area contributed by atoms with Crippen molar-refractivity contribution in [2.45, 2.75) is 10.9 Å². The zero-order valence-corrected chi connectivity index (χ0v) is 22.0. The van der Waals surface area contributed by atoms with Gasteiger partial charge in [-0.1, -0.05) is 6.07 Å². The molecule has 0 saturated carbocycles. The number of amides is 1. The molecule has 2 aromatic carbocycles. The van der Waals surface area contributed by atoms with Gasteiger partial charge in [-0.15, -0.1) is 0 Å². The van der Waals surface area contributed by atoms with Gasteiger partial charge < -0.3 is 24.4 Å². The van der Waals surface area contributed by atoms with Crippen LogP contribution in [0.1, 0.15) is 17.2 Å². The van der Waals surface area contributed by atoms with E-state index in [0.717, 1.165) is 4.31 Å². The molecule has 1 atom stereocenters. The number of aliphatic hydroxyl groups excluding tert-OH is 1. The number of benzene rings is 2. The molecule has 1 N–H and O–H groups in total. The zero-order valence-electron chi connectivity index (χ0n) is 21.2. The predicted octanol–water partition coefficient (Wildman–Crippen LogP) is 1.94. The van der Waals surface area contributed by atoms with Gasteiger partial charge in [0.2, 0.25) is 10.0 Å². The van der Waals surface area contributed by atoms with E-state index in [-0.39, 0.29) is 22.6 Å². The van der Waals surface area contributed by atoms with Crippen LogP contribution in [0.5, 0.6) is 11.5 Å². The number of Topliss-reactive ketones (excluding diaryl/α,β-unsaturated/α-hetero) is 1. The second-order valence-electron chi connectivity index (χ2n) is 8.72. The van der Waals surface area contributed by atoms with Crippen LogP contribution in [0.2, 0.25) is 0 Å². The Morgan fingerprint density at radius 3 is 2.11 bits per heavy atom. The summed E-state index contributed by atoms with van der Waals surface area (Å²) < 4.78 is 36.6. The monoisotopic (exact) mass is 517 g/mol. The highest BCUT2D eigenvalue weighted by atomic mass is 32.2. The van der Waals surface area contributed by atoms with E-state index in [9.17, 15) is 23.1 Å². The molecule has 0 aliphatic carbocycles. The maximum Gasteiger partial charge on any atom is 0.295 e. The van der Waals surface area contributed by atoms with Crippen molar-refractivity contribution < 1.29 is 32.6 Å². The molecule has 194 valence electrons. The second kappa shape index (κ2) is 10.7. The fourth-order valence-electron chi connectivity index (χ4n) is 3.94. The van der Waals surface area contributed by atoms with Gasteiger partial charge in [-0.3, -0.25) is 9.59 Å². The first-order valence-corrected chi connectivity index (χ1v) is 12.6. The lowest BCUT2D eigenvalue weighted by Crippen LogP contribution is -2.35. The Bertz CT molecular complexity index is 1290. The quantitative estimate of drug-likeness (QED) is 0.305. The van der Waals surface area contributed by atoms with Crippen LogP contribution in [0, 0.1) is 0 Å². The largest absolute Gasteiger partial charge is 0.507 e. The van der Waals surface area contributed by atoms with Crippen LogP contribution < -0.4 is 9.47 Å². The normalized spacial score (nSPS) is 17.8. The highest BCUT2D eigenvalue weighted by Gasteiger charge is 2.46. The Morgan fingerprint density at radius 1 is 0.972 bits per heavy atom. The van der Waals surface area contributed by atoms with Crippen LogP contribution in [0.15, 0.2) is 52.9 Å². The highest BCUT2D eigenvalue weighted by molar-refractivity contribution is 7.89. The van der Waals surface area contributed by atoms with Crippen LogP contribution in [0.4, 0.5) is 0 Å². The van der Waals surface area contributed by atoms with Gasteiger partial charge in [0.15, 0.2) is 11.5 Å². The molecule has 1 heterocycles. The molecule has 1 aliphatic heterocycles. The van der Waals surface area contributed by atoms with Crippen molar-refractivity contribution in [3.63, 3.8) is 0 Å². The lowest BCUT2D eigenvalue weighted by molar-refractivity contribution is -0.140. The summed E-state index contributed by atoms with van der Waals surface area (Å²) in [6.45, 7) is 0.737. The van der Waals surface area contributed by atoms with Gasteiger partial charge in [-0.2, -0.15) is 0 Å². The molecule has 11 heteroatoms. The van der Waals surface area contributed by atoms with Gasteiger partial charge in [-0.25, -0.2) is 12.7 Å². The van der Waals surface area contributed by atoms with Crippen molar-refractivity contribution in [1.82, 2.24) is 14.1 Å². The number of ether oxygens (including phenoxy) is 2. The number of likely N-dealkylation sites (tertiary alicyclic amines) is 1. The smallest absolute Gasteiger partial charge is 0.295 e. The molecule has 0 unspecified atom stereocenters. The number of methoxy groups -OCH3 is 2. The van der Waals surface area contributed by atoms with Crippen LogP contribution in [-0.4, -0.2) is 94.8 Å². The first kappa shape index (κ1) is 27.2. The number of aliphatic hydroxyl groups is 1. The predicted molar refractivity (Wildman–Crippen MR) is 134 cm³/mol. The molecule has 3 rings (SSSR count). The van der Waals surface area contributed by atoms with Crippen LogP contribution >= 0.6 is 0 Å². The van der Waals surface area contributed by atoms with Gasteiger partial charge >= 0.3 is 0 Å². The number of hydrogen-bond acceptors (Lipinski definition) is 8. The van der Waals surface area contributed by atoms with Crippen LogP contribution in [-0.2, 0) is 19.6 Å². The molecule has 1 aliphatic rings.